The SMILES string of the molecule is CNc1cc(N(C)Cc2ccccc2Cl)nc(C(C)C)n1. The predicted molar refractivity (Wildman–Crippen MR) is 89.2 cm³/mol. The maximum atomic E-state index is 6.22. The molecule has 0 saturated heterocycles. The van der Waals surface area contributed by atoms with Gasteiger partial charge in [0.05, 0.1) is 0 Å². The summed E-state index contributed by atoms with van der Waals surface area (Å²) in [7, 11) is 3.87. The normalized spacial score (nSPS) is 10.8. The molecule has 0 atom stereocenters. The monoisotopic (exact) mass is 304 g/mol. The molecular formula is C16H21ClN4. The molecule has 1 heterocycles. The van der Waals surface area contributed by atoms with E-state index in [4.69, 9.17) is 11.6 Å². The third-order valence-electron chi connectivity index (χ3n) is 3.26. The van der Waals surface area contributed by atoms with E-state index in [-0.39, 0.29) is 5.92 Å². The molecule has 4 nitrogen and oxygen atoms in total. The minimum atomic E-state index is 0.283. The van der Waals surface area contributed by atoms with Crippen LogP contribution >= 0.6 is 11.6 Å². The molecule has 0 spiro atoms. The van der Waals surface area contributed by atoms with Gasteiger partial charge in [-0.1, -0.05) is 43.6 Å². The van der Waals surface area contributed by atoms with Crippen LogP contribution in [0.15, 0.2) is 30.3 Å². The van der Waals surface area contributed by atoms with Gasteiger partial charge in [-0.15, -0.1) is 0 Å². The molecule has 2 rings (SSSR count). The summed E-state index contributed by atoms with van der Waals surface area (Å²) >= 11 is 6.22. The summed E-state index contributed by atoms with van der Waals surface area (Å²) in [5.74, 6) is 2.83. The van der Waals surface area contributed by atoms with Crippen molar-refractivity contribution in [1.29, 1.82) is 0 Å². The van der Waals surface area contributed by atoms with Gasteiger partial charge in [-0.3, -0.25) is 0 Å². The van der Waals surface area contributed by atoms with E-state index in [0.717, 1.165) is 28.0 Å². The molecule has 0 saturated carbocycles. The molecule has 1 aromatic heterocycles. The van der Waals surface area contributed by atoms with Gasteiger partial charge in [0.1, 0.15) is 17.5 Å². The second-order valence-electron chi connectivity index (χ2n) is 5.32. The highest BCUT2D eigenvalue weighted by molar-refractivity contribution is 6.31. The molecule has 0 aliphatic heterocycles. The number of rotatable bonds is 5. The van der Waals surface area contributed by atoms with Crippen LogP contribution in [0.5, 0.6) is 0 Å². The van der Waals surface area contributed by atoms with Crippen molar-refractivity contribution < 1.29 is 0 Å². The van der Waals surface area contributed by atoms with Gasteiger partial charge in [0.15, 0.2) is 0 Å². The number of anilines is 2. The lowest BCUT2D eigenvalue weighted by Gasteiger charge is -2.21. The molecule has 2 aromatic rings. The molecule has 5 heteroatoms. The Morgan fingerprint density at radius 3 is 2.57 bits per heavy atom. The van der Waals surface area contributed by atoms with Crippen LogP contribution < -0.4 is 10.2 Å². The van der Waals surface area contributed by atoms with Crippen LogP contribution in [0, 0.1) is 0 Å². The van der Waals surface area contributed by atoms with Crippen LogP contribution in [0.2, 0.25) is 5.02 Å². The second kappa shape index (κ2) is 6.76. The van der Waals surface area contributed by atoms with E-state index in [2.05, 4.69) is 34.0 Å². The lowest BCUT2D eigenvalue weighted by molar-refractivity contribution is 0.764. The number of halogens is 1. The Bertz CT molecular complexity index is 613. The molecule has 0 radical (unpaired) electrons. The van der Waals surface area contributed by atoms with Crippen molar-refractivity contribution in [3.8, 4) is 0 Å². The van der Waals surface area contributed by atoms with Gasteiger partial charge in [-0.05, 0) is 11.6 Å². The first kappa shape index (κ1) is 15.6. The summed E-state index contributed by atoms with van der Waals surface area (Å²) in [6.45, 7) is 4.89. The van der Waals surface area contributed by atoms with Gasteiger partial charge in [-0.2, -0.15) is 0 Å². The number of hydrogen-bond donors (Lipinski definition) is 1. The predicted octanol–water partition coefficient (Wildman–Crippen LogP) is 3.93. The Labute approximate surface area is 131 Å². The third-order valence-corrected chi connectivity index (χ3v) is 3.63. The van der Waals surface area contributed by atoms with Crippen LogP contribution in [0.4, 0.5) is 11.6 Å². The minimum absolute atomic E-state index is 0.283. The van der Waals surface area contributed by atoms with E-state index in [1.54, 1.807) is 0 Å². The van der Waals surface area contributed by atoms with Crippen LogP contribution in [-0.4, -0.2) is 24.1 Å². The third kappa shape index (κ3) is 3.85. The Balaban J connectivity index is 2.28. The van der Waals surface area contributed by atoms with Crippen LogP contribution in [-0.2, 0) is 6.54 Å². The van der Waals surface area contributed by atoms with Gasteiger partial charge in [0, 0.05) is 37.6 Å². The van der Waals surface area contributed by atoms with Crippen molar-refractivity contribution in [1.82, 2.24) is 9.97 Å². The van der Waals surface area contributed by atoms with Crippen molar-refractivity contribution in [3.05, 3.63) is 46.7 Å². The van der Waals surface area contributed by atoms with Crippen molar-refractivity contribution in [2.75, 3.05) is 24.3 Å². The summed E-state index contributed by atoms with van der Waals surface area (Å²) in [6, 6.07) is 9.81. The van der Waals surface area contributed by atoms with Crippen LogP contribution in [0.1, 0.15) is 31.2 Å². The number of nitrogens with one attached hydrogen (secondary N) is 1. The van der Waals surface area contributed by atoms with Crippen molar-refractivity contribution in [2.45, 2.75) is 26.3 Å². The number of aromatic nitrogens is 2. The Morgan fingerprint density at radius 2 is 1.95 bits per heavy atom. The highest BCUT2D eigenvalue weighted by atomic mass is 35.5. The van der Waals surface area contributed by atoms with Crippen LogP contribution in [0.3, 0.4) is 0 Å². The first-order valence-electron chi connectivity index (χ1n) is 7.02. The zero-order chi connectivity index (χ0) is 15.4. The molecule has 1 N–H and O–H groups in total. The topological polar surface area (TPSA) is 41.0 Å². The zero-order valence-corrected chi connectivity index (χ0v) is 13.6. The fourth-order valence-electron chi connectivity index (χ4n) is 2.00. The quantitative estimate of drug-likeness (QED) is 0.908. The molecule has 0 aliphatic rings. The minimum Gasteiger partial charge on any atom is -0.373 e. The smallest absolute Gasteiger partial charge is 0.135 e. The standard InChI is InChI=1S/C16H21ClN4/c1-11(2)16-19-14(18-3)9-15(20-16)21(4)10-12-7-5-6-8-13(12)17/h5-9,11H,10H2,1-4H3,(H,18,19,20). The largest absolute Gasteiger partial charge is 0.373 e. The molecular weight excluding hydrogens is 284 g/mol. The summed E-state index contributed by atoms with van der Waals surface area (Å²) in [5.41, 5.74) is 1.08. The molecule has 0 fully saturated rings. The lowest BCUT2D eigenvalue weighted by Crippen LogP contribution is -2.19. The maximum Gasteiger partial charge on any atom is 0.135 e. The second-order valence-corrected chi connectivity index (χ2v) is 5.73. The highest BCUT2D eigenvalue weighted by Crippen LogP contribution is 2.22. The van der Waals surface area contributed by atoms with Crippen molar-refractivity contribution >= 4 is 23.2 Å². The summed E-state index contributed by atoms with van der Waals surface area (Å²) in [4.78, 5) is 11.2. The van der Waals surface area contributed by atoms with E-state index in [1.165, 1.54) is 0 Å². The Kier molecular flexibility index (Phi) is 5.02. The fourth-order valence-corrected chi connectivity index (χ4v) is 2.19. The molecule has 21 heavy (non-hydrogen) atoms. The van der Waals surface area contributed by atoms with E-state index < -0.39 is 0 Å². The van der Waals surface area contributed by atoms with E-state index in [9.17, 15) is 0 Å². The molecule has 0 unspecified atom stereocenters. The van der Waals surface area contributed by atoms with E-state index >= 15 is 0 Å². The molecule has 0 amide bonds. The van der Waals surface area contributed by atoms with Crippen LogP contribution in [0.25, 0.3) is 0 Å². The molecule has 1 aromatic carbocycles. The van der Waals surface area contributed by atoms with E-state index in [1.807, 2.05) is 44.4 Å². The van der Waals surface area contributed by atoms with Crippen molar-refractivity contribution in [2.24, 2.45) is 0 Å². The fraction of sp³-hybridized carbons (Fsp3) is 0.375. The Hall–Kier alpha value is -1.81. The summed E-state index contributed by atoms with van der Waals surface area (Å²) in [6.07, 6.45) is 0. The molecule has 0 aliphatic carbocycles. The first-order chi connectivity index (χ1) is 10.0. The lowest BCUT2D eigenvalue weighted by atomic mass is 10.2. The van der Waals surface area contributed by atoms with Gasteiger partial charge in [0.2, 0.25) is 0 Å². The highest BCUT2D eigenvalue weighted by Gasteiger charge is 2.11. The first-order valence-corrected chi connectivity index (χ1v) is 7.40. The van der Waals surface area contributed by atoms with Gasteiger partial charge in [0.25, 0.3) is 0 Å². The summed E-state index contributed by atoms with van der Waals surface area (Å²) < 4.78 is 0. The van der Waals surface area contributed by atoms with Crippen molar-refractivity contribution in [3.63, 3.8) is 0 Å². The number of nitrogens with zero attached hydrogens (tertiary/aromatic N) is 3. The zero-order valence-electron chi connectivity index (χ0n) is 12.9. The Morgan fingerprint density at radius 1 is 1.24 bits per heavy atom. The number of benzene rings is 1. The average molecular weight is 305 g/mol. The van der Waals surface area contributed by atoms with Gasteiger partial charge in [-0.25, -0.2) is 9.97 Å². The number of hydrogen-bond acceptors (Lipinski definition) is 4. The summed E-state index contributed by atoms with van der Waals surface area (Å²) in [5, 5.41) is 3.86. The maximum absolute atomic E-state index is 6.22. The van der Waals surface area contributed by atoms with E-state index in [0.29, 0.717) is 6.54 Å². The van der Waals surface area contributed by atoms with Gasteiger partial charge >= 0.3 is 0 Å². The molecule has 112 valence electrons. The van der Waals surface area contributed by atoms with Gasteiger partial charge < -0.3 is 10.2 Å². The molecule has 0 bridgehead atoms. The average Bonchev–Trinajstić information content (AvgIpc) is 2.49.